The maximum absolute atomic E-state index is 12.9. The Hall–Kier alpha value is -3.61. The van der Waals surface area contributed by atoms with Crippen molar-refractivity contribution in [3.63, 3.8) is 0 Å². The third kappa shape index (κ3) is 2.64. The second kappa shape index (κ2) is 5.98. The molecule has 0 spiro atoms. The lowest BCUT2D eigenvalue weighted by molar-refractivity contribution is -0.116. The summed E-state index contributed by atoms with van der Waals surface area (Å²) in [6.07, 6.45) is 0.169. The Balaban J connectivity index is 1.63. The number of ether oxygens (including phenoxy) is 2. The van der Waals surface area contributed by atoms with Gasteiger partial charge in [-0.15, -0.1) is 0 Å². The lowest BCUT2D eigenvalue weighted by atomic mass is 9.86. The molecular formula is C20H15N3O4. The van der Waals surface area contributed by atoms with Crippen LogP contribution >= 0.6 is 0 Å². The Bertz CT molecular complexity index is 1110. The number of nitrogens with one attached hydrogen (secondary N) is 2. The zero-order valence-corrected chi connectivity index (χ0v) is 14.2. The molecule has 0 bridgehead atoms. The highest BCUT2D eigenvalue weighted by molar-refractivity contribution is 5.94. The van der Waals surface area contributed by atoms with Gasteiger partial charge in [0.25, 0.3) is 5.56 Å². The molecule has 2 aromatic carbocycles. The maximum Gasteiger partial charge on any atom is 0.257 e. The van der Waals surface area contributed by atoms with Gasteiger partial charge in [-0.3, -0.25) is 9.59 Å². The number of hydrogen-bond donors (Lipinski definition) is 2. The van der Waals surface area contributed by atoms with Gasteiger partial charge in [-0.2, -0.15) is 0 Å². The molecule has 2 aliphatic rings. The Morgan fingerprint density at radius 1 is 1.00 bits per heavy atom. The van der Waals surface area contributed by atoms with Crippen molar-refractivity contribution < 1.29 is 14.3 Å². The van der Waals surface area contributed by atoms with Gasteiger partial charge in [-0.25, -0.2) is 4.98 Å². The Labute approximate surface area is 154 Å². The number of rotatable bonds is 2. The second-order valence-corrected chi connectivity index (χ2v) is 6.46. The molecule has 2 aliphatic heterocycles. The number of hydrogen-bond acceptors (Lipinski definition) is 5. The minimum atomic E-state index is -0.399. The van der Waals surface area contributed by atoms with E-state index < -0.39 is 5.92 Å². The summed E-state index contributed by atoms with van der Waals surface area (Å²) in [5.74, 6) is 1.42. The van der Waals surface area contributed by atoms with Crippen molar-refractivity contribution in [2.24, 2.45) is 0 Å². The molecular weight excluding hydrogens is 346 g/mol. The number of benzene rings is 2. The number of fused-ring (bicyclic) bond motifs is 2. The van der Waals surface area contributed by atoms with Crippen molar-refractivity contribution in [1.82, 2.24) is 9.97 Å². The van der Waals surface area contributed by atoms with E-state index >= 15 is 0 Å². The van der Waals surface area contributed by atoms with Gasteiger partial charge in [0.05, 0.1) is 5.56 Å². The summed E-state index contributed by atoms with van der Waals surface area (Å²) >= 11 is 0. The SMILES string of the molecule is O=C1CC(c2ccc3c(c2)OCO3)c2c(nc(-c3ccccc3)[nH]c2=O)N1. The van der Waals surface area contributed by atoms with E-state index in [9.17, 15) is 9.59 Å². The predicted octanol–water partition coefficient (Wildman–Crippen LogP) is 2.64. The van der Waals surface area contributed by atoms with Crippen molar-refractivity contribution >= 4 is 11.7 Å². The van der Waals surface area contributed by atoms with Gasteiger partial charge in [0.2, 0.25) is 12.7 Å². The molecule has 1 aromatic heterocycles. The highest BCUT2D eigenvalue weighted by Crippen LogP contribution is 2.39. The molecule has 3 heterocycles. The zero-order chi connectivity index (χ0) is 18.4. The molecule has 1 amide bonds. The summed E-state index contributed by atoms with van der Waals surface area (Å²) in [7, 11) is 0. The van der Waals surface area contributed by atoms with Crippen LogP contribution in [0.5, 0.6) is 11.5 Å². The minimum absolute atomic E-state index is 0.169. The van der Waals surface area contributed by atoms with Crippen molar-refractivity contribution in [2.45, 2.75) is 12.3 Å². The monoisotopic (exact) mass is 361 g/mol. The average molecular weight is 361 g/mol. The van der Waals surface area contributed by atoms with Gasteiger partial charge >= 0.3 is 0 Å². The highest BCUT2D eigenvalue weighted by atomic mass is 16.7. The number of aromatic amines is 1. The van der Waals surface area contributed by atoms with Crippen molar-refractivity contribution in [1.29, 1.82) is 0 Å². The number of amides is 1. The summed E-state index contributed by atoms with van der Waals surface area (Å²) in [4.78, 5) is 32.5. The number of carbonyl (C=O) groups excluding carboxylic acids is 1. The summed E-state index contributed by atoms with van der Waals surface area (Å²) in [6.45, 7) is 0.170. The van der Waals surface area contributed by atoms with Gasteiger partial charge < -0.3 is 19.8 Å². The molecule has 1 atom stereocenters. The largest absolute Gasteiger partial charge is 0.454 e. The molecule has 1 unspecified atom stereocenters. The number of aromatic nitrogens is 2. The van der Waals surface area contributed by atoms with Crippen LogP contribution in [0.3, 0.4) is 0 Å². The van der Waals surface area contributed by atoms with E-state index in [2.05, 4.69) is 15.3 Å². The van der Waals surface area contributed by atoms with Gasteiger partial charge in [0, 0.05) is 17.9 Å². The average Bonchev–Trinajstić information content (AvgIpc) is 3.15. The minimum Gasteiger partial charge on any atom is -0.454 e. The van der Waals surface area contributed by atoms with E-state index in [1.807, 2.05) is 42.5 Å². The van der Waals surface area contributed by atoms with Crippen LogP contribution in [0.4, 0.5) is 5.82 Å². The molecule has 0 saturated heterocycles. The fraction of sp³-hybridized carbons (Fsp3) is 0.150. The third-order valence-electron chi connectivity index (χ3n) is 4.80. The number of H-pyrrole nitrogens is 1. The summed E-state index contributed by atoms with van der Waals surface area (Å²) < 4.78 is 10.8. The van der Waals surface area contributed by atoms with Crippen molar-refractivity contribution in [2.75, 3.05) is 12.1 Å². The van der Waals surface area contributed by atoms with Gasteiger partial charge in [0.15, 0.2) is 11.5 Å². The molecule has 0 fully saturated rings. The first-order valence-corrected chi connectivity index (χ1v) is 8.58. The Morgan fingerprint density at radius 3 is 2.67 bits per heavy atom. The van der Waals surface area contributed by atoms with Gasteiger partial charge in [-0.1, -0.05) is 36.4 Å². The summed E-state index contributed by atoms with van der Waals surface area (Å²) in [5, 5.41) is 2.74. The molecule has 134 valence electrons. The van der Waals surface area contributed by atoms with Crippen LogP contribution in [-0.4, -0.2) is 22.7 Å². The molecule has 7 nitrogen and oxygen atoms in total. The van der Waals surface area contributed by atoms with Crippen LogP contribution < -0.4 is 20.3 Å². The van der Waals surface area contributed by atoms with Crippen LogP contribution in [0.15, 0.2) is 53.3 Å². The Kier molecular flexibility index (Phi) is 3.46. The summed E-state index contributed by atoms with van der Waals surface area (Å²) in [6, 6.07) is 14.8. The van der Waals surface area contributed by atoms with Crippen LogP contribution in [0, 0.1) is 0 Å². The third-order valence-corrected chi connectivity index (χ3v) is 4.80. The fourth-order valence-corrected chi connectivity index (χ4v) is 3.52. The van der Waals surface area contributed by atoms with E-state index in [4.69, 9.17) is 9.47 Å². The zero-order valence-electron chi connectivity index (χ0n) is 14.2. The lowest BCUT2D eigenvalue weighted by Gasteiger charge is -2.24. The Morgan fingerprint density at radius 2 is 1.81 bits per heavy atom. The fourth-order valence-electron chi connectivity index (χ4n) is 3.52. The van der Waals surface area contributed by atoms with Crippen molar-refractivity contribution in [3.05, 3.63) is 70.0 Å². The number of carbonyl (C=O) groups is 1. The van der Waals surface area contributed by atoms with E-state index in [1.54, 1.807) is 6.07 Å². The van der Waals surface area contributed by atoms with E-state index in [0.29, 0.717) is 28.7 Å². The van der Waals surface area contributed by atoms with E-state index in [1.165, 1.54) is 0 Å². The lowest BCUT2D eigenvalue weighted by Crippen LogP contribution is -2.31. The van der Waals surface area contributed by atoms with Crippen LogP contribution in [-0.2, 0) is 4.79 Å². The highest BCUT2D eigenvalue weighted by Gasteiger charge is 2.32. The first-order valence-electron chi connectivity index (χ1n) is 8.58. The van der Waals surface area contributed by atoms with E-state index in [-0.39, 0.29) is 24.7 Å². The molecule has 3 aromatic rings. The summed E-state index contributed by atoms with van der Waals surface area (Å²) in [5.41, 5.74) is 1.78. The topological polar surface area (TPSA) is 93.3 Å². The molecule has 27 heavy (non-hydrogen) atoms. The number of anilines is 1. The van der Waals surface area contributed by atoms with Crippen LogP contribution in [0.2, 0.25) is 0 Å². The quantitative estimate of drug-likeness (QED) is 0.732. The predicted molar refractivity (Wildman–Crippen MR) is 97.9 cm³/mol. The first kappa shape index (κ1) is 15.6. The standard InChI is InChI=1S/C20H15N3O4/c24-16-9-13(12-6-7-14-15(8-12)27-10-26-14)17-19(21-16)22-18(23-20(17)25)11-4-2-1-3-5-11/h1-8,13H,9-10H2,(H2,21,22,23,24,25). The maximum atomic E-state index is 12.9. The molecule has 7 heteroatoms. The van der Waals surface area contributed by atoms with Gasteiger partial charge in [-0.05, 0) is 17.7 Å². The van der Waals surface area contributed by atoms with E-state index in [0.717, 1.165) is 11.1 Å². The number of nitrogens with zero attached hydrogens (tertiary/aromatic N) is 1. The molecule has 5 rings (SSSR count). The molecule has 2 N–H and O–H groups in total. The van der Waals surface area contributed by atoms with Crippen LogP contribution in [0.25, 0.3) is 11.4 Å². The van der Waals surface area contributed by atoms with Crippen molar-refractivity contribution in [3.8, 4) is 22.9 Å². The second-order valence-electron chi connectivity index (χ2n) is 6.46. The van der Waals surface area contributed by atoms with Gasteiger partial charge in [0.1, 0.15) is 11.6 Å². The first-order chi connectivity index (χ1) is 13.2. The smallest absolute Gasteiger partial charge is 0.257 e. The molecule has 0 saturated carbocycles. The molecule has 0 radical (unpaired) electrons. The normalized spacial score (nSPS) is 17.3. The van der Waals surface area contributed by atoms with Crippen LogP contribution in [0.1, 0.15) is 23.5 Å². The molecule has 0 aliphatic carbocycles.